The molecule has 0 bridgehead atoms. The molecule has 0 N–H and O–H groups in total. The Morgan fingerprint density at radius 3 is 1.44 bits per heavy atom. The summed E-state index contributed by atoms with van der Waals surface area (Å²) in [6.45, 7) is 13.5. The van der Waals surface area contributed by atoms with Gasteiger partial charge in [-0.3, -0.25) is 9.98 Å². The molecule has 0 aliphatic heterocycles. The van der Waals surface area contributed by atoms with Crippen molar-refractivity contribution in [1.29, 1.82) is 0 Å². The Balaban J connectivity index is 0.00000178. The molecule has 1 rings (SSSR count). The SMILES string of the molecule is CC(C)(C)OCC=N[C@@H]1CCCC[C@H]1N=CCOC(C)(C)C.[Br][Ni][Br]. The molecule has 0 radical (unpaired) electrons. The molecule has 0 heterocycles. The fourth-order valence-corrected chi connectivity index (χ4v) is 2.37. The molecule has 7 heteroatoms. The summed E-state index contributed by atoms with van der Waals surface area (Å²) in [5.74, 6) is 0. The molecule has 0 aromatic carbocycles. The van der Waals surface area contributed by atoms with E-state index in [2.05, 4.69) is 70.0 Å². The summed E-state index contributed by atoms with van der Waals surface area (Å²) in [4.78, 5) is 9.38. The van der Waals surface area contributed by atoms with E-state index < -0.39 is 0 Å². The molecule has 1 fully saturated rings. The van der Waals surface area contributed by atoms with Gasteiger partial charge in [-0.05, 0) is 54.4 Å². The van der Waals surface area contributed by atoms with Crippen molar-refractivity contribution in [3.8, 4) is 0 Å². The van der Waals surface area contributed by atoms with Crippen LogP contribution in [0.3, 0.4) is 0 Å². The molecule has 25 heavy (non-hydrogen) atoms. The maximum atomic E-state index is 5.68. The molecule has 0 spiro atoms. The maximum absolute atomic E-state index is 5.68. The van der Waals surface area contributed by atoms with Crippen molar-refractivity contribution in [1.82, 2.24) is 0 Å². The zero-order valence-corrected chi connectivity index (χ0v) is 20.5. The molecule has 4 nitrogen and oxygen atoms in total. The van der Waals surface area contributed by atoms with Gasteiger partial charge in [-0.1, -0.05) is 12.8 Å². The molecule has 0 aromatic heterocycles. The summed E-state index contributed by atoms with van der Waals surface area (Å²) in [7, 11) is 1.25. The van der Waals surface area contributed by atoms with Crippen LogP contribution in [0.15, 0.2) is 9.98 Å². The van der Waals surface area contributed by atoms with E-state index in [1.807, 2.05) is 12.4 Å². The first-order valence-corrected chi connectivity index (χ1v) is 13.6. The second-order valence-electron chi connectivity index (χ2n) is 7.97. The van der Waals surface area contributed by atoms with Crippen molar-refractivity contribution in [2.75, 3.05) is 13.2 Å². The van der Waals surface area contributed by atoms with E-state index in [4.69, 9.17) is 19.5 Å². The van der Waals surface area contributed by atoms with E-state index in [9.17, 15) is 0 Å². The molecule has 1 saturated carbocycles. The average Bonchev–Trinajstić information content (AvgIpc) is 2.48. The van der Waals surface area contributed by atoms with Gasteiger partial charge < -0.3 is 9.47 Å². The number of aliphatic imine (C=N–C) groups is 2. The van der Waals surface area contributed by atoms with Crippen molar-refractivity contribution in [2.24, 2.45) is 9.98 Å². The quantitative estimate of drug-likeness (QED) is 0.325. The summed E-state index contributed by atoms with van der Waals surface area (Å²) in [5, 5.41) is 0. The fraction of sp³-hybridized carbons (Fsp3) is 0.889. The van der Waals surface area contributed by atoms with E-state index in [0.717, 1.165) is 12.8 Å². The average molecular weight is 529 g/mol. The summed E-state index contributed by atoms with van der Waals surface area (Å²) >= 11 is 6.00. The first kappa shape index (κ1) is 25.7. The number of rotatable bonds is 6. The van der Waals surface area contributed by atoms with Crippen LogP contribution in [0, 0.1) is 0 Å². The van der Waals surface area contributed by atoms with Gasteiger partial charge in [0.2, 0.25) is 0 Å². The number of ether oxygens (including phenoxy) is 2. The van der Waals surface area contributed by atoms with Crippen molar-refractivity contribution < 1.29 is 20.4 Å². The summed E-state index contributed by atoms with van der Waals surface area (Å²) in [5.41, 5.74) is -0.221. The Hall–Kier alpha value is 0.714. The first-order valence-electron chi connectivity index (χ1n) is 8.72. The molecular weight excluding hydrogens is 495 g/mol. The van der Waals surface area contributed by atoms with Crippen LogP contribution in [0.5, 0.6) is 0 Å². The van der Waals surface area contributed by atoms with Crippen LogP contribution in [0.4, 0.5) is 0 Å². The zero-order valence-electron chi connectivity index (χ0n) is 16.3. The molecular formula is C18H34Br2N2NiO2. The van der Waals surface area contributed by atoms with Gasteiger partial charge in [-0.2, -0.15) is 0 Å². The molecule has 2 atom stereocenters. The summed E-state index contributed by atoms with van der Waals surface area (Å²) in [6, 6.07) is 0.589. The van der Waals surface area contributed by atoms with Crippen LogP contribution in [0.25, 0.3) is 0 Å². The van der Waals surface area contributed by atoms with Crippen molar-refractivity contribution in [2.45, 2.75) is 90.5 Å². The van der Waals surface area contributed by atoms with Crippen LogP contribution in [-0.2, 0) is 20.4 Å². The number of nitrogens with zero attached hydrogens (tertiary/aromatic N) is 2. The topological polar surface area (TPSA) is 43.2 Å². The van der Waals surface area contributed by atoms with Gasteiger partial charge in [-0.25, -0.2) is 0 Å². The Morgan fingerprint density at radius 2 is 1.16 bits per heavy atom. The number of hydrogen-bond donors (Lipinski definition) is 0. The Labute approximate surface area is 174 Å². The standard InChI is InChI=1S/C18H34N2O2.2BrH.Ni/c1-17(2,3)21-13-11-19-15-9-7-8-10-16(15)20-12-14-22-18(4,5)6;;;/h11-12,15-16H,7-10,13-14H2,1-6H3;2*1H;/q;;;+2/p-2/t15-,16-;;;/m1.../s1. The molecule has 1 aliphatic carbocycles. The molecule has 152 valence electrons. The van der Waals surface area contributed by atoms with E-state index in [0.29, 0.717) is 25.3 Å². The second kappa shape index (κ2) is 13.8. The first-order chi connectivity index (χ1) is 11.6. The normalized spacial score (nSPS) is 22.4. The predicted molar refractivity (Wildman–Crippen MR) is 112 cm³/mol. The second-order valence-corrected chi connectivity index (χ2v) is 13.0. The predicted octanol–water partition coefficient (Wildman–Crippen LogP) is 5.76. The van der Waals surface area contributed by atoms with Crippen LogP contribution in [0.2, 0.25) is 0 Å². The summed E-state index contributed by atoms with van der Waals surface area (Å²) < 4.78 is 11.4. The van der Waals surface area contributed by atoms with Gasteiger partial charge in [0.15, 0.2) is 0 Å². The molecule has 0 amide bonds. The van der Waals surface area contributed by atoms with Gasteiger partial charge in [0.1, 0.15) is 0 Å². The Morgan fingerprint density at radius 1 is 0.840 bits per heavy atom. The minimum atomic E-state index is -0.111. The third kappa shape index (κ3) is 16.6. The molecule has 0 unspecified atom stereocenters. The van der Waals surface area contributed by atoms with E-state index in [-0.39, 0.29) is 11.2 Å². The van der Waals surface area contributed by atoms with Crippen LogP contribution >= 0.6 is 28.5 Å². The van der Waals surface area contributed by atoms with Gasteiger partial charge in [-0.15, -0.1) is 0 Å². The van der Waals surface area contributed by atoms with E-state index in [1.54, 1.807) is 0 Å². The number of halogens is 2. The van der Waals surface area contributed by atoms with Crippen molar-refractivity contribution in [3.05, 3.63) is 0 Å². The number of hydrogen-bond acceptors (Lipinski definition) is 4. The zero-order chi connectivity index (χ0) is 19.3. The van der Waals surface area contributed by atoms with Crippen LogP contribution in [0.1, 0.15) is 67.2 Å². The molecule has 0 aromatic rings. The van der Waals surface area contributed by atoms with Gasteiger partial charge in [0, 0.05) is 12.4 Å². The van der Waals surface area contributed by atoms with Crippen LogP contribution < -0.4 is 0 Å². The van der Waals surface area contributed by atoms with E-state index >= 15 is 0 Å². The Kier molecular flexibility index (Phi) is 14.2. The molecule has 1 aliphatic rings. The monoisotopic (exact) mass is 526 g/mol. The third-order valence-electron chi connectivity index (χ3n) is 3.47. The van der Waals surface area contributed by atoms with Crippen LogP contribution in [-0.4, -0.2) is 48.9 Å². The van der Waals surface area contributed by atoms with Crippen molar-refractivity contribution >= 4 is 40.9 Å². The van der Waals surface area contributed by atoms with Gasteiger partial charge >= 0.3 is 39.3 Å². The molecule has 0 saturated heterocycles. The van der Waals surface area contributed by atoms with E-state index in [1.165, 1.54) is 23.7 Å². The summed E-state index contributed by atoms with van der Waals surface area (Å²) in [6.07, 6.45) is 8.55. The minimum absolute atomic E-state index is 0.111. The third-order valence-corrected chi connectivity index (χ3v) is 3.47. The Bertz CT molecular complexity index is 358. The fourth-order valence-electron chi connectivity index (χ4n) is 2.37. The van der Waals surface area contributed by atoms with Gasteiger partial charge in [0.05, 0.1) is 36.5 Å². The van der Waals surface area contributed by atoms with Gasteiger partial charge in [0.25, 0.3) is 0 Å². The van der Waals surface area contributed by atoms with Crippen molar-refractivity contribution in [3.63, 3.8) is 0 Å².